The average molecular weight is 293 g/mol. The number of aromatic hydroxyl groups is 1. The van der Waals surface area contributed by atoms with Gasteiger partial charge in [0.1, 0.15) is 5.75 Å². The Morgan fingerprint density at radius 1 is 1.16 bits per heavy atom. The molecule has 6 heteroatoms. The number of hydrogen-bond donors (Lipinski definition) is 2. The maximum absolute atomic E-state index is 11.8. The van der Waals surface area contributed by atoms with Crippen LogP contribution in [0.1, 0.15) is 0 Å². The molecule has 1 aliphatic heterocycles. The van der Waals surface area contributed by atoms with Gasteiger partial charge in [0.25, 0.3) is 0 Å². The average Bonchev–Trinajstić information content (AvgIpc) is 2.34. The largest absolute Gasteiger partial charge is 0.508 e. The Balaban J connectivity index is 2.17. The fraction of sp³-hybridized carbons (Fsp3) is 0.0769. The number of anilines is 2. The van der Waals surface area contributed by atoms with Gasteiger partial charge in [0.15, 0.2) is 9.84 Å². The van der Waals surface area contributed by atoms with Crippen LogP contribution < -0.4 is 5.32 Å². The number of hydrogen-bond acceptors (Lipinski definition) is 5. The quantitative estimate of drug-likeness (QED) is 0.722. The van der Waals surface area contributed by atoms with Crippen LogP contribution in [0.25, 0.3) is 0 Å². The van der Waals surface area contributed by atoms with Crippen molar-refractivity contribution in [3.63, 3.8) is 0 Å². The van der Waals surface area contributed by atoms with E-state index in [4.69, 9.17) is 0 Å². The van der Waals surface area contributed by atoms with Crippen LogP contribution >= 0.6 is 11.8 Å². The molecule has 0 radical (unpaired) electrons. The second kappa shape index (κ2) is 4.18. The third-order valence-electron chi connectivity index (χ3n) is 2.82. The van der Waals surface area contributed by atoms with Gasteiger partial charge < -0.3 is 10.4 Å². The standard InChI is InChI=1S/C13H11NO3S2/c1-19(16,17)12-4-2-3-9-13(12)18-11-6-5-8(15)7-10(11)14-9/h2-7,14-15H,1H3. The predicted molar refractivity (Wildman–Crippen MR) is 75.1 cm³/mol. The second-order valence-electron chi connectivity index (χ2n) is 4.31. The molecule has 4 nitrogen and oxygen atoms in total. The van der Waals surface area contributed by atoms with E-state index >= 15 is 0 Å². The number of sulfone groups is 1. The molecule has 0 aliphatic carbocycles. The molecule has 3 rings (SSSR count). The molecule has 2 N–H and O–H groups in total. The Kier molecular flexibility index (Phi) is 2.72. The zero-order valence-electron chi connectivity index (χ0n) is 10.0. The minimum Gasteiger partial charge on any atom is -0.508 e. The summed E-state index contributed by atoms with van der Waals surface area (Å²) in [5, 5.41) is 12.6. The van der Waals surface area contributed by atoms with E-state index in [1.165, 1.54) is 18.0 Å². The summed E-state index contributed by atoms with van der Waals surface area (Å²) in [5.41, 5.74) is 1.52. The number of nitrogens with one attached hydrogen (secondary N) is 1. The van der Waals surface area contributed by atoms with Crippen LogP contribution in [-0.4, -0.2) is 19.8 Å². The van der Waals surface area contributed by atoms with E-state index in [1.54, 1.807) is 30.3 Å². The van der Waals surface area contributed by atoms with Gasteiger partial charge in [-0.05, 0) is 24.3 Å². The van der Waals surface area contributed by atoms with Crippen LogP contribution in [0.4, 0.5) is 11.4 Å². The molecule has 0 aromatic heterocycles. The van der Waals surface area contributed by atoms with Crippen LogP contribution in [0.15, 0.2) is 51.1 Å². The van der Waals surface area contributed by atoms with Crippen molar-refractivity contribution in [1.82, 2.24) is 0 Å². The third kappa shape index (κ3) is 2.17. The molecule has 0 bridgehead atoms. The summed E-state index contributed by atoms with van der Waals surface area (Å²) in [4.78, 5) is 1.91. The maximum Gasteiger partial charge on any atom is 0.176 e. The molecule has 0 saturated heterocycles. The monoisotopic (exact) mass is 293 g/mol. The van der Waals surface area contributed by atoms with Crippen molar-refractivity contribution < 1.29 is 13.5 Å². The predicted octanol–water partition coefficient (Wildman–Crippen LogP) is 3.00. The van der Waals surface area contributed by atoms with Crippen LogP contribution in [0.5, 0.6) is 5.75 Å². The van der Waals surface area contributed by atoms with E-state index in [0.717, 1.165) is 16.3 Å². The smallest absolute Gasteiger partial charge is 0.176 e. The van der Waals surface area contributed by atoms with E-state index in [-0.39, 0.29) is 5.75 Å². The third-order valence-corrected chi connectivity index (χ3v) is 5.31. The fourth-order valence-corrected chi connectivity index (χ4v) is 4.30. The van der Waals surface area contributed by atoms with Crippen molar-refractivity contribution in [3.8, 4) is 5.75 Å². The Bertz CT molecular complexity index is 769. The van der Waals surface area contributed by atoms with Gasteiger partial charge in [0.2, 0.25) is 0 Å². The lowest BCUT2D eigenvalue weighted by atomic mass is 10.2. The van der Waals surface area contributed by atoms with Crippen LogP contribution in [0, 0.1) is 0 Å². The highest BCUT2D eigenvalue weighted by molar-refractivity contribution is 8.00. The van der Waals surface area contributed by atoms with Crippen molar-refractivity contribution in [2.45, 2.75) is 14.7 Å². The van der Waals surface area contributed by atoms with Gasteiger partial charge in [0, 0.05) is 17.2 Å². The molecule has 1 aliphatic rings. The van der Waals surface area contributed by atoms with Crippen molar-refractivity contribution in [1.29, 1.82) is 0 Å². The molecule has 0 amide bonds. The van der Waals surface area contributed by atoms with Gasteiger partial charge in [-0.3, -0.25) is 0 Å². The summed E-state index contributed by atoms with van der Waals surface area (Å²) < 4.78 is 23.6. The topological polar surface area (TPSA) is 66.4 Å². The normalized spacial score (nSPS) is 13.3. The Labute approximate surface area is 115 Å². The van der Waals surface area contributed by atoms with Crippen LogP contribution in [0.3, 0.4) is 0 Å². The summed E-state index contributed by atoms with van der Waals surface area (Å²) in [5.74, 6) is 0.176. The molecule has 0 saturated carbocycles. The van der Waals surface area contributed by atoms with Crippen molar-refractivity contribution in [2.75, 3.05) is 11.6 Å². The lowest BCUT2D eigenvalue weighted by molar-refractivity contribution is 0.475. The molecular weight excluding hydrogens is 282 g/mol. The number of fused-ring (bicyclic) bond motifs is 2. The molecule has 0 fully saturated rings. The van der Waals surface area contributed by atoms with Gasteiger partial charge in [-0.25, -0.2) is 8.42 Å². The second-order valence-corrected chi connectivity index (χ2v) is 7.35. The highest BCUT2D eigenvalue weighted by Gasteiger charge is 2.22. The number of benzene rings is 2. The van der Waals surface area contributed by atoms with Gasteiger partial charge in [-0.2, -0.15) is 0 Å². The van der Waals surface area contributed by atoms with Gasteiger partial charge in [-0.15, -0.1) is 0 Å². The molecule has 2 aromatic rings. The van der Waals surface area contributed by atoms with E-state index in [1.807, 2.05) is 6.07 Å². The maximum atomic E-state index is 11.8. The number of rotatable bonds is 1. The summed E-state index contributed by atoms with van der Waals surface area (Å²) in [6, 6.07) is 10.1. The highest BCUT2D eigenvalue weighted by atomic mass is 32.2. The Morgan fingerprint density at radius 2 is 1.95 bits per heavy atom. The zero-order chi connectivity index (χ0) is 13.6. The van der Waals surface area contributed by atoms with E-state index in [0.29, 0.717) is 9.79 Å². The van der Waals surface area contributed by atoms with E-state index < -0.39 is 9.84 Å². The molecular formula is C13H11NO3S2. The molecule has 0 unspecified atom stereocenters. The molecule has 98 valence electrons. The zero-order valence-corrected chi connectivity index (χ0v) is 11.7. The first-order valence-electron chi connectivity index (χ1n) is 5.56. The molecule has 0 spiro atoms. The first-order valence-corrected chi connectivity index (χ1v) is 8.27. The van der Waals surface area contributed by atoms with Crippen molar-refractivity contribution >= 4 is 33.0 Å². The van der Waals surface area contributed by atoms with Gasteiger partial charge in [0.05, 0.1) is 21.2 Å². The van der Waals surface area contributed by atoms with E-state index in [9.17, 15) is 13.5 Å². The Morgan fingerprint density at radius 3 is 2.68 bits per heavy atom. The van der Waals surface area contributed by atoms with Crippen molar-refractivity contribution in [2.24, 2.45) is 0 Å². The highest BCUT2D eigenvalue weighted by Crippen LogP contribution is 2.47. The lowest BCUT2D eigenvalue weighted by Gasteiger charge is -2.22. The minimum atomic E-state index is -3.27. The summed E-state index contributed by atoms with van der Waals surface area (Å²) >= 11 is 1.39. The summed E-state index contributed by atoms with van der Waals surface area (Å²) in [6.45, 7) is 0. The minimum absolute atomic E-state index is 0.176. The summed E-state index contributed by atoms with van der Waals surface area (Å²) in [6.07, 6.45) is 1.20. The number of phenolic OH excluding ortho intramolecular Hbond substituents is 1. The first kappa shape index (κ1) is 12.4. The fourth-order valence-electron chi connectivity index (χ4n) is 1.97. The van der Waals surface area contributed by atoms with Gasteiger partial charge >= 0.3 is 0 Å². The van der Waals surface area contributed by atoms with Crippen LogP contribution in [-0.2, 0) is 9.84 Å². The van der Waals surface area contributed by atoms with Gasteiger partial charge in [-0.1, -0.05) is 17.8 Å². The van der Waals surface area contributed by atoms with E-state index in [2.05, 4.69) is 5.32 Å². The Hall–Kier alpha value is -1.66. The SMILES string of the molecule is CS(=O)(=O)c1cccc2c1Sc1ccc(O)cc1N2. The van der Waals surface area contributed by atoms with Crippen molar-refractivity contribution in [3.05, 3.63) is 36.4 Å². The number of phenols is 1. The molecule has 2 aromatic carbocycles. The molecule has 1 heterocycles. The molecule has 0 atom stereocenters. The first-order chi connectivity index (χ1) is 8.95. The summed E-state index contributed by atoms with van der Waals surface area (Å²) in [7, 11) is -3.27. The molecule has 19 heavy (non-hydrogen) atoms. The lowest BCUT2D eigenvalue weighted by Crippen LogP contribution is -2.05. The van der Waals surface area contributed by atoms with Crippen LogP contribution in [0.2, 0.25) is 0 Å².